The van der Waals surface area contributed by atoms with Gasteiger partial charge in [-0.3, -0.25) is 4.79 Å². The lowest BCUT2D eigenvalue weighted by Gasteiger charge is -2.08. The first kappa shape index (κ1) is 16.4. The highest BCUT2D eigenvalue weighted by Gasteiger charge is 2.14. The summed E-state index contributed by atoms with van der Waals surface area (Å²) in [4.78, 5) is 22.5. The van der Waals surface area contributed by atoms with Gasteiger partial charge in [0.2, 0.25) is 0 Å². The van der Waals surface area contributed by atoms with Crippen LogP contribution in [0.4, 0.5) is 0 Å². The van der Waals surface area contributed by atoms with Crippen molar-refractivity contribution in [1.82, 2.24) is 0 Å². The fraction of sp³-hybridized carbons (Fsp3) is 0.333. The maximum absolute atomic E-state index is 11.7. The average molecular weight is 274 g/mol. The van der Waals surface area contributed by atoms with Crippen LogP contribution < -0.4 is 10.5 Å². The Bertz CT molecular complexity index is 409. The largest absolute Gasteiger partial charge is 0.462 e. The maximum atomic E-state index is 11.7. The summed E-state index contributed by atoms with van der Waals surface area (Å²) in [6, 6.07) is 6.44. The topological polar surface area (TPSA) is 78.6 Å². The highest BCUT2D eigenvalue weighted by Crippen LogP contribution is 2.19. The van der Waals surface area contributed by atoms with E-state index in [2.05, 4.69) is 0 Å². The summed E-state index contributed by atoms with van der Waals surface area (Å²) in [5.74, 6) is -0.791. The summed E-state index contributed by atoms with van der Waals surface area (Å²) in [5.41, 5.74) is 5.52. The zero-order chi connectivity index (χ0) is 12.7. The van der Waals surface area contributed by atoms with Gasteiger partial charge in [0.05, 0.1) is 6.61 Å². The number of rotatable bonds is 5. The van der Waals surface area contributed by atoms with Crippen LogP contribution in [0.25, 0.3) is 0 Å². The zero-order valence-corrected chi connectivity index (χ0v) is 10.9. The fourth-order valence-electron chi connectivity index (χ4n) is 1.21. The minimum absolute atomic E-state index is 0. The number of ether oxygens (including phenoxy) is 2. The highest BCUT2D eigenvalue weighted by atomic mass is 35.5. The molecule has 0 unspecified atom stereocenters. The lowest BCUT2D eigenvalue weighted by Crippen LogP contribution is -2.12. The van der Waals surface area contributed by atoms with E-state index in [9.17, 15) is 9.59 Å². The van der Waals surface area contributed by atoms with E-state index in [0.29, 0.717) is 13.0 Å². The maximum Gasteiger partial charge on any atom is 0.341 e. The van der Waals surface area contributed by atoms with Gasteiger partial charge in [-0.15, -0.1) is 12.4 Å². The Balaban J connectivity index is 0.00000289. The van der Waals surface area contributed by atoms with Gasteiger partial charge >= 0.3 is 11.9 Å². The number of esters is 2. The first-order chi connectivity index (χ1) is 8.15. The van der Waals surface area contributed by atoms with Gasteiger partial charge in [-0.25, -0.2) is 4.79 Å². The summed E-state index contributed by atoms with van der Waals surface area (Å²) in [6.45, 7) is 1.99. The quantitative estimate of drug-likeness (QED) is 0.500. The average Bonchev–Trinajstić information content (AvgIpc) is 2.29. The van der Waals surface area contributed by atoms with Crippen molar-refractivity contribution >= 4 is 24.3 Å². The number of carbonyl (C=O) groups is 2. The van der Waals surface area contributed by atoms with Crippen molar-refractivity contribution in [3.63, 3.8) is 0 Å². The molecule has 1 aromatic rings. The van der Waals surface area contributed by atoms with Crippen molar-refractivity contribution in [2.45, 2.75) is 13.3 Å². The molecule has 5 nitrogen and oxygen atoms in total. The lowest BCUT2D eigenvalue weighted by atomic mass is 10.2. The van der Waals surface area contributed by atoms with Gasteiger partial charge in [0, 0.05) is 6.92 Å². The van der Waals surface area contributed by atoms with E-state index in [0.717, 1.165) is 0 Å². The van der Waals surface area contributed by atoms with Crippen LogP contribution in [0.1, 0.15) is 23.7 Å². The Kier molecular flexibility index (Phi) is 7.74. The molecule has 18 heavy (non-hydrogen) atoms. The van der Waals surface area contributed by atoms with Crippen LogP contribution in [0.3, 0.4) is 0 Å². The summed E-state index contributed by atoms with van der Waals surface area (Å²) in [6.07, 6.45) is 0.599. The number of benzene rings is 1. The second-order valence-electron chi connectivity index (χ2n) is 3.37. The van der Waals surface area contributed by atoms with E-state index in [1.54, 1.807) is 24.3 Å². The number of nitrogens with two attached hydrogens (primary N) is 1. The van der Waals surface area contributed by atoms with Gasteiger partial charge in [0.15, 0.2) is 0 Å². The van der Waals surface area contributed by atoms with Crippen LogP contribution >= 0.6 is 12.4 Å². The molecule has 0 aliphatic carbocycles. The Hall–Kier alpha value is -1.59. The molecule has 0 bridgehead atoms. The first-order valence-electron chi connectivity index (χ1n) is 5.29. The molecule has 0 radical (unpaired) electrons. The number of hydrogen-bond donors (Lipinski definition) is 1. The molecule has 0 aromatic heterocycles. The van der Waals surface area contributed by atoms with E-state index in [1.165, 1.54) is 6.92 Å². The van der Waals surface area contributed by atoms with Crippen molar-refractivity contribution in [3.8, 4) is 5.75 Å². The Morgan fingerprint density at radius 3 is 2.56 bits per heavy atom. The highest BCUT2D eigenvalue weighted by molar-refractivity contribution is 5.93. The molecule has 0 heterocycles. The summed E-state index contributed by atoms with van der Waals surface area (Å²) in [5, 5.41) is 0. The molecule has 6 heteroatoms. The molecule has 1 rings (SSSR count). The molecule has 0 atom stereocenters. The van der Waals surface area contributed by atoms with Gasteiger partial charge in [-0.2, -0.15) is 0 Å². The first-order valence-corrected chi connectivity index (χ1v) is 5.29. The Labute approximate surface area is 112 Å². The number of carbonyl (C=O) groups excluding carboxylic acids is 2. The van der Waals surface area contributed by atoms with E-state index in [-0.39, 0.29) is 30.3 Å². The molecule has 0 spiro atoms. The third-order valence-corrected chi connectivity index (χ3v) is 1.94. The molecule has 0 aliphatic heterocycles. The zero-order valence-electron chi connectivity index (χ0n) is 10.0. The number of hydrogen-bond acceptors (Lipinski definition) is 5. The second-order valence-corrected chi connectivity index (χ2v) is 3.37. The number of halogens is 1. The summed E-state index contributed by atoms with van der Waals surface area (Å²) in [7, 11) is 0. The van der Waals surface area contributed by atoms with Crippen LogP contribution in [0.2, 0.25) is 0 Å². The van der Waals surface area contributed by atoms with Crippen LogP contribution in [-0.4, -0.2) is 25.1 Å². The smallest absolute Gasteiger partial charge is 0.341 e. The Morgan fingerprint density at radius 1 is 1.28 bits per heavy atom. The van der Waals surface area contributed by atoms with E-state index < -0.39 is 11.9 Å². The van der Waals surface area contributed by atoms with E-state index in [1.807, 2.05) is 0 Å². The number of para-hydroxylation sites is 1. The SMILES string of the molecule is CC(=O)Oc1ccccc1C(=O)OCCCN.Cl. The minimum Gasteiger partial charge on any atom is -0.462 e. The normalized spacial score (nSPS) is 9.22. The molecular formula is C12H16ClNO4. The van der Waals surface area contributed by atoms with Crippen LogP contribution in [0.5, 0.6) is 5.75 Å². The Morgan fingerprint density at radius 2 is 1.94 bits per heavy atom. The van der Waals surface area contributed by atoms with Gasteiger partial charge < -0.3 is 15.2 Å². The molecule has 1 aromatic carbocycles. The predicted octanol–water partition coefficient (Wildman–Crippen LogP) is 1.54. The van der Waals surface area contributed by atoms with Gasteiger partial charge in [-0.1, -0.05) is 12.1 Å². The molecular weight excluding hydrogens is 258 g/mol. The third-order valence-electron chi connectivity index (χ3n) is 1.94. The fourth-order valence-corrected chi connectivity index (χ4v) is 1.21. The van der Waals surface area contributed by atoms with Crippen molar-refractivity contribution < 1.29 is 19.1 Å². The third kappa shape index (κ3) is 5.16. The standard InChI is InChI=1S/C12H15NO4.ClH/c1-9(14)17-11-6-3-2-5-10(11)12(15)16-8-4-7-13;/h2-3,5-6H,4,7-8,13H2,1H3;1H. The molecule has 0 amide bonds. The molecule has 0 saturated heterocycles. The van der Waals surface area contributed by atoms with Gasteiger partial charge in [0.25, 0.3) is 0 Å². The van der Waals surface area contributed by atoms with Crippen molar-refractivity contribution in [3.05, 3.63) is 29.8 Å². The van der Waals surface area contributed by atoms with Crippen LogP contribution in [0, 0.1) is 0 Å². The van der Waals surface area contributed by atoms with Crippen LogP contribution in [-0.2, 0) is 9.53 Å². The lowest BCUT2D eigenvalue weighted by molar-refractivity contribution is -0.131. The van der Waals surface area contributed by atoms with Gasteiger partial charge in [-0.05, 0) is 25.1 Å². The predicted molar refractivity (Wildman–Crippen MR) is 69.0 cm³/mol. The molecule has 0 fully saturated rings. The molecule has 100 valence electrons. The molecule has 0 aliphatic rings. The van der Waals surface area contributed by atoms with E-state index >= 15 is 0 Å². The second kappa shape index (κ2) is 8.49. The van der Waals surface area contributed by atoms with Crippen molar-refractivity contribution in [1.29, 1.82) is 0 Å². The molecule has 2 N–H and O–H groups in total. The van der Waals surface area contributed by atoms with Crippen molar-refractivity contribution in [2.24, 2.45) is 5.73 Å². The summed E-state index contributed by atoms with van der Waals surface area (Å²) < 4.78 is 9.89. The van der Waals surface area contributed by atoms with Crippen molar-refractivity contribution in [2.75, 3.05) is 13.2 Å². The van der Waals surface area contributed by atoms with E-state index in [4.69, 9.17) is 15.2 Å². The molecule has 0 saturated carbocycles. The van der Waals surface area contributed by atoms with Gasteiger partial charge in [0.1, 0.15) is 11.3 Å². The van der Waals surface area contributed by atoms with Crippen LogP contribution in [0.15, 0.2) is 24.3 Å². The minimum atomic E-state index is -0.518. The summed E-state index contributed by atoms with van der Waals surface area (Å²) >= 11 is 0. The monoisotopic (exact) mass is 273 g/mol.